The van der Waals surface area contributed by atoms with Crippen LogP contribution < -0.4 is 0 Å². The van der Waals surface area contributed by atoms with Crippen molar-refractivity contribution in [3.8, 4) is 0 Å². The molecule has 0 spiro atoms. The molecule has 0 aromatic carbocycles. The molecule has 3 nitrogen and oxygen atoms in total. The lowest BCUT2D eigenvalue weighted by molar-refractivity contribution is -0.132. The number of allylic oxidation sites excluding steroid dienone is 3. The first kappa shape index (κ1) is 8.71. The van der Waals surface area contributed by atoms with Crippen LogP contribution in [0.1, 0.15) is 19.3 Å². The zero-order chi connectivity index (χ0) is 8.81. The number of rotatable bonds is 1. The van der Waals surface area contributed by atoms with Crippen molar-refractivity contribution in [1.82, 2.24) is 0 Å². The van der Waals surface area contributed by atoms with Gasteiger partial charge in [0.1, 0.15) is 5.70 Å². The fourth-order valence-corrected chi connectivity index (χ4v) is 0.950. The number of carboxylic acids is 1. The van der Waals surface area contributed by atoms with E-state index in [1.807, 2.05) is 6.08 Å². The Morgan fingerprint density at radius 3 is 3.08 bits per heavy atom. The minimum absolute atomic E-state index is 0.140. The summed E-state index contributed by atoms with van der Waals surface area (Å²) in [5.74, 6) is -0.957. The Balaban J connectivity index is 2.75. The second-order valence-corrected chi connectivity index (χ2v) is 2.53. The van der Waals surface area contributed by atoms with Crippen LogP contribution in [-0.4, -0.2) is 17.3 Å². The van der Waals surface area contributed by atoms with Crippen LogP contribution >= 0.6 is 0 Å². The molecule has 1 aliphatic rings. The van der Waals surface area contributed by atoms with Crippen LogP contribution in [0, 0.1) is 0 Å². The van der Waals surface area contributed by atoms with E-state index < -0.39 is 5.97 Å². The molecule has 0 aliphatic carbocycles. The second-order valence-electron chi connectivity index (χ2n) is 2.53. The van der Waals surface area contributed by atoms with Gasteiger partial charge in [0.05, 0.1) is 0 Å². The average Bonchev–Trinajstić information content (AvgIpc) is 2.15. The van der Waals surface area contributed by atoms with Gasteiger partial charge in [0.15, 0.2) is 0 Å². The Morgan fingerprint density at radius 2 is 2.33 bits per heavy atom. The summed E-state index contributed by atoms with van der Waals surface area (Å²) in [6.07, 6.45) is 9.69. The van der Waals surface area contributed by atoms with E-state index in [0.29, 0.717) is 0 Å². The van der Waals surface area contributed by atoms with Crippen molar-refractivity contribution < 1.29 is 9.90 Å². The quantitative estimate of drug-likeness (QED) is 0.643. The summed E-state index contributed by atoms with van der Waals surface area (Å²) in [6.45, 7) is 0. The van der Waals surface area contributed by atoms with Crippen molar-refractivity contribution in [2.24, 2.45) is 4.99 Å². The molecule has 0 bridgehead atoms. The van der Waals surface area contributed by atoms with Crippen LogP contribution in [0.25, 0.3) is 0 Å². The summed E-state index contributed by atoms with van der Waals surface area (Å²) in [5.41, 5.74) is 0.140. The maximum Gasteiger partial charge on any atom is 0.354 e. The molecule has 12 heavy (non-hydrogen) atoms. The first-order valence-electron chi connectivity index (χ1n) is 3.93. The molecule has 0 saturated carbocycles. The van der Waals surface area contributed by atoms with E-state index >= 15 is 0 Å². The lowest BCUT2D eigenvalue weighted by Gasteiger charge is -1.92. The zero-order valence-corrected chi connectivity index (χ0v) is 6.73. The molecule has 1 rings (SSSR count). The smallest absolute Gasteiger partial charge is 0.354 e. The Kier molecular flexibility index (Phi) is 3.26. The van der Waals surface area contributed by atoms with Gasteiger partial charge in [0.2, 0.25) is 0 Å². The predicted octanol–water partition coefficient (Wildman–Crippen LogP) is 1.77. The molecular weight excluding hydrogens is 154 g/mol. The highest BCUT2D eigenvalue weighted by Crippen LogP contribution is 2.05. The van der Waals surface area contributed by atoms with Gasteiger partial charge in [-0.05, 0) is 25.3 Å². The van der Waals surface area contributed by atoms with E-state index in [-0.39, 0.29) is 5.70 Å². The minimum atomic E-state index is -0.957. The molecule has 0 fully saturated rings. The third kappa shape index (κ3) is 2.70. The second kappa shape index (κ2) is 4.49. The van der Waals surface area contributed by atoms with Gasteiger partial charge in [-0.1, -0.05) is 12.2 Å². The van der Waals surface area contributed by atoms with Crippen LogP contribution in [0.2, 0.25) is 0 Å². The summed E-state index contributed by atoms with van der Waals surface area (Å²) >= 11 is 0. The molecule has 3 heteroatoms. The molecule has 1 aliphatic heterocycles. The maximum absolute atomic E-state index is 10.5. The summed E-state index contributed by atoms with van der Waals surface area (Å²) in [7, 11) is 0. The van der Waals surface area contributed by atoms with Crippen molar-refractivity contribution in [1.29, 1.82) is 0 Å². The number of carboxylic acid groups (broad SMARTS) is 1. The third-order valence-electron chi connectivity index (χ3n) is 1.57. The highest BCUT2D eigenvalue weighted by atomic mass is 16.4. The number of aliphatic imine (C=N–C) groups is 1. The molecule has 0 aromatic heterocycles. The van der Waals surface area contributed by atoms with E-state index in [1.165, 1.54) is 6.21 Å². The topological polar surface area (TPSA) is 49.7 Å². The van der Waals surface area contributed by atoms with E-state index in [1.54, 1.807) is 12.2 Å². The first-order valence-corrected chi connectivity index (χ1v) is 3.93. The highest BCUT2D eigenvalue weighted by molar-refractivity contribution is 5.89. The third-order valence-corrected chi connectivity index (χ3v) is 1.57. The Hall–Kier alpha value is -1.38. The van der Waals surface area contributed by atoms with Crippen molar-refractivity contribution >= 4 is 12.2 Å². The summed E-state index contributed by atoms with van der Waals surface area (Å²) < 4.78 is 0. The fourth-order valence-electron chi connectivity index (χ4n) is 0.950. The van der Waals surface area contributed by atoms with Gasteiger partial charge in [-0.3, -0.25) is 0 Å². The molecule has 0 aromatic rings. The molecule has 1 N–H and O–H groups in total. The van der Waals surface area contributed by atoms with Gasteiger partial charge in [0.25, 0.3) is 0 Å². The van der Waals surface area contributed by atoms with Crippen LogP contribution in [-0.2, 0) is 4.79 Å². The van der Waals surface area contributed by atoms with Gasteiger partial charge >= 0.3 is 5.97 Å². The van der Waals surface area contributed by atoms with Crippen LogP contribution in [0.3, 0.4) is 0 Å². The normalized spacial score (nSPS) is 27.2. The SMILES string of the molecule is O=C(O)C1=C\CCC/C=C/C=N/1. The van der Waals surface area contributed by atoms with Gasteiger partial charge in [-0.2, -0.15) is 0 Å². The van der Waals surface area contributed by atoms with E-state index in [9.17, 15) is 4.79 Å². The van der Waals surface area contributed by atoms with Gasteiger partial charge < -0.3 is 5.11 Å². The Labute approximate surface area is 71.1 Å². The van der Waals surface area contributed by atoms with Gasteiger partial charge in [-0.15, -0.1) is 0 Å². The van der Waals surface area contributed by atoms with Crippen molar-refractivity contribution in [2.75, 3.05) is 0 Å². The lowest BCUT2D eigenvalue weighted by Crippen LogP contribution is -1.97. The largest absolute Gasteiger partial charge is 0.477 e. The van der Waals surface area contributed by atoms with Gasteiger partial charge in [-0.25, -0.2) is 9.79 Å². The van der Waals surface area contributed by atoms with Crippen LogP contribution in [0.5, 0.6) is 0 Å². The zero-order valence-electron chi connectivity index (χ0n) is 6.73. The number of hydrogen-bond donors (Lipinski definition) is 1. The van der Waals surface area contributed by atoms with E-state index in [2.05, 4.69) is 4.99 Å². The molecule has 0 radical (unpaired) electrons. The highest BCUT2D eigenvalue weighted by Gasteiger charge is 2.03. The summed E-state index contributed by atoms with van der Waals surface area (Å²) in [6, 6.07) is 0. The minimum Gasteiger partial charge on any atom is -0.477 e. The van der Waals surface area contributed by atoms with Gasteiger partial charge in [0, 0.05) is 6.21 Å². The molecular formula is C9H11NO2. The van der Waals surface area contributed by atoms with Crippen molar-refractivity contribution in [2.45, 2.75) is 19.3 Å². The van der Waals surface area contributed by atoms with E-state index in [4.69, 9.17) is 5.11 Å². The monoisotopic (exact) mass is 165 g/mol. The number of nitrogens with zero attached hydrogens (tertiary/aromatic N) is 1. The molecule has 0 unspecified atom stereocenters. The standard InChI is InChI=1S/C9H11NO2/c11-9(12)8-6-4-2-1-3-5-7-10-8/h3,5-7H,1-2,4H2,(H,11,12)/b5-3+,8-6-,10-7+. The molecule has 0 atom stereocenters. The summed E-state index contributed by atoms with van der Waals surface area (Å²) in [4.78, 5) is 14.3. The van der Waals surface area contributed by atoms with Crippen molar-refractivity contribution in [3.05, 3.63) is 23.9 Å². The lowest BCUT2D eigenvalue weighted by atomic mass is 10.2. The average molecular weight is 165 g/mol. The maximum atomic E-state index is 10.5. The van der Waals surface area contributed by atoms with Crippen molar-refractivity contribution in [3.63, 3.8) is 0 Å². The Bertz CT molecular complexity index is 251. The molecule has 64 valence electrons. The van der Waals surface area contributed by atoms with Crippen LogP contribution in [0.15, 0.2) is 28.9 Å². The number of hydrogen-bond acceptors (Lipinski definition) is 2. The molecule has 1 heterocycles. The first-order chi connectivity index (χ1) is 5.80. The summed E-state index contributed by atoms with van der Waals surface area (Å²) in [5, 5.41) is 8.64. The molecule has 0 amide bonds. The van der Waals surface area contributed by atoms with E-state index in [0.717, 1.165) is 19.3 Å². The molecule has 0 saturated heterocycles. The fraction of sp³-hybridized carbons (Fsp3) is 0.333. The Morgan fingerprint density at radius 1 is 1.50 bits per heavy atom. The predicted molar refractivity (Wildman–Crippen MR) is 47.2 cm³/mol. The number of carbonyl (C=O) groups is 1. The van der Waals surface area contributed by atoms with Crippen LogP contribution in [0.4, 0.5) is 0 Å². The number of aliphatic carboxylic acids is 1.